The van der Waals surface area contributed by atoms with Gasteiger partial charge in [-0.05, 0) is 18.8 Å². The summed E-state index contributed by atoms with van der Waals surface area (Å²) in [5.41, 5.74) is 1.49. The Morgan fingerprint density at radius 3 is 2.83 bits per heavy atom. The minimum atomic E-state index is 0.384. The Labute approximate surface area is 118 Å². The molecule has 5 heteroatoms. The molecule has 18 heavy (non-hydrogen) atoms. The molecule has 1 aliphatic heterocycles. The predicted molar refractivity (Wildman–Crippen MR) is 81.4 cm³/mol. The van der Waals surface area contributed by atoms with Crippen molar-refractivity contribution in [1.82, 2.24) is 10.3 Å². The first kappa shape index (κ1) is 13.9. The van der Waals surface area contributed by atoms with Gasteiger partial charge in [-0.15, -0.1) is 11.3 Å². The van der Waals surface area contributed by atoms with E-state index >= 15 is 0 Å². The highest BCUT2D eigenvalue weighted by atomic mass is 32.2. The van der Waals surface area contributed by atoms with Gasteiger partial charge >= 0.3 is 0 Å². The number of thiazole rings is 1. The third-order valence-corrected chi connectivity index (χ3v) is 4.61. The van der Waals surface area contributed by atoms with Crippen LogP contribution in [0.15, 0.2) is 10.4 Å². The first-order chi connectivity index (χ1) is 8.42. The van der Waals surface area contributed by atoms with Crippen molar-refractivity contribution in [3.8, 4) is 0 Å². The van der Waals surface area contributed by atoms with Gasteiger partial charge in [0.1, 0.15) is 0 Å². The average Bonchev–Trinajstić information content (AvgIpc) is 2.82. The van der Waals surface area contributed by atoms with Crippen LogP contribution in [0.25, 0.3) is 0 Å². The maximum absolute atomic E-state index is 4.57. The molecule has 0 saturated heterocycles. The average molecular weight is 283 g/mol. The van der Waals surface area contributed by atoms with Gasteiger partial charge in [0.05, 0.1) is 23.8 Å². The lowest BCUT2D eigenvalue weighted by atomic mass is 9.90. The van der Waals surface area contributed by atoms with Gasteiger partial charge in [0.15, 0.2) is 5.17 Å². The quantitative estimate of drug-likeness (QED) is 0.923. The molecule has 1 N–H and O–H groups in total. The fourth-order valence-electron chi connectivity index (χ4n) is 1.96. The highest BCUT2D eigenvalue weighted by molar-refractivity contribution is 8.14. The van der Waals surface area contributed by atoms with Gasteiger partial charge in [-0.3, -0.25) is 4.99 Å². The van der Waals surface area contributed by atoms with Crippen LogP contribution in [0.2, 0.25) is 0 Å². The molecule has 0 bridgehead atoms. The summed E-state index contributed by atoms with van der Waals surface area (Å²) in [5, 5.41) is 8.32. The second-order valence-corrected chi connectivity index (χ2v) is 8.21. The maximum Gasteiger partial charge on any atom is 0.157 e. The Balaban J connectivity index is 1.76. The molecule has 0 saturated carbocycles. The number of nitrogens with one attached hydrogen (secondary N) is 1. The lowest BCUT2D eigenvalue weighted by Gasteiger charge is -2.21. The molecule has 0 fully saturated rings. The molecule has 0 aliphatic carbocycles. The molecule has 1 atom stereocenters. The largest absolute Gasteiger partial charge is 0.359 e. The zero-order valence-corrected chi connectivity index (χ0v) is 13.1. The van der Waals surface area contributed by atoms with Crippen molar-refractivity contribution in [3.05, 3.63) is 16.1 Å². The highest BCUT2D eigenvalue weighted by Gasteiger charge is 2.24. The Bertz CT molecular complexity index is 432. The SMILES string of the molecule is Cc1nc(CNC2=NCC(CC(C)(C)C)S2)cs1. The molecule has 0 amide bonds. The fraction of sp³-hybridized carbons (Fsp3) is 0.692. The van der Waals surface area contributed by atoms with Crippen LogP contribution in [0.5, 0.6) is 0 Å². The van der Waals surface area contributed by atoms with Crippen molar-refractivity contribution < 1.29 is 0 Å². The molecule has 1 aromatic rings. The van der Waals surface area contributed by atoms with E-state index < -0.39 is 0 Å². The Kier molecular flexibility index (Phi) is 4.33. The molecule has 2 heterocycles. The van der Waals surface area contributed by atoms with Gasteiger partial charge < -0.3 is 5.32 Å². The third kappa shape index (κ3) is 4.28. The van der Waals surface area contributed by atoms with Crippen LogP contribution in [-0.2, 0) is 6.54 Å². The minimum Gasteiger partial charge on any atom is -0.359 e. The highest BCUT2D eigenvalue weighted by Crippen LogP contribution is 2.31. The monoisotopic (exact) mass is 283 g/mol. The van der Waals surface area contributed by atoms with E-state index in [0.717, 1.165) is 29.0 Å². The number of hydrogen-bond donors (Lipinski definition) is 1. The number of thioether (sulfide) groups is 1. The zero-order chi connectivity index (χ0) is 13.2. The topological polar surface area (TPSA) is 37.3 Å². The van der Waals surface area contributed by atoms with Crippen LogP contribution >= 0.6 is 23.1 Å². The molecule has 0 aromatic carbocycles. The molecule has 1 aromatic heterocycles. The molecule has 1 aliphatic rings. The van der Waals surface area contributed by atoms with Crippen molar-refractivity contribution in [2.24, 2.45) is 10.4 Å². The molecule has 2 rings (SSSR count). The molecule has 0 radical (unpaired) electrons. The number of hydrogen-bond acceptors (Lipinski definition) is 5. The number of amidine groups is 1. The molecule has 1 unspecified atom stereocenters. The summed E-state index contributed by atoms with van der Waals surface area (Å²) in [6, 6.07) is 0. The first-order valence-corrected chi connectivity index (χ1v) is 8.04. The van der Waals surface area contributed by atoms with E-state index in [4.69, 9.17) is 0 Å². The second-order valence-electron chi connectivity index (χ2n) is 5.86. The van der Waals surface area contributed by atoms with Gasteiger partial charge in [-0.1, -0.05) is 32.5 Å². The Morgan fingerprint density at radius 2 is 2.22 bits per heavy atom. The molecular weight excluding hydrogens is 262 g/mol. The van der Waals surface area contributed by atoms with E-state index in [2.05, 4.69) is 41.4 Å². The number of nitrogens with zero attached hydrogens (tertiary/aromatic N) is 2. The van der Waals surface area contributed by atoms with Crippen molar-refractivity contribution in [2.45, 2.75) is 45.9 Å². The summed E-state index contributed by atoms with van der Waals surface area (Å²) in [6.45, 7) is 10.6. The third-order valence-electron chi connectivity index (χ3n) is 2.64. The van der Waals surface area contributed by atoms with E-state index in [1.54, 1.807) is 11.3 Å². The summed E-state index contributed by atoms with van der Waals surface area (Å²) >= 11 is 3.58. The van der Waals surface area contributed by atoms with Gasteiger partial charge in [0, 0.05) is 10.6 Å². The van der Waals surface area contributed by atoms with E-state index in [9.17, 15) is 0 Å². The van der Waals surface area contributed by atoms with Crippen LogP contribution in [-0.4, -0.2) is 21.9 Å². The lowest BCUT2D eigenvalue weighted by molar-refractivity contribution is 0.375. The number of aliphatic imine (C=N–C) groups is 1. The Hall–Kier alpha value is -0.550. The fourth-order valence-corrected chi connectivity index (χ4v) is 3.92. The second kappa shape index (κ2) is 5.61. The van der Waals surface area contributed by atoms with E-state index in [1.165, 1.54) is 6.42 Å². The van der Waals surface area contributed by atoms with Gasteiger partial charge in [0.25, 0.3) is 0 Å². The van der Waals surface area contributed by atoms with Gasteiger partial charge in [0.2, 0.25) is 0 Å². The maximum atomic E-state index is 4.57. The summed E-state index contributed by atoms with van der Waals surface area (Å²) in [6.07, 6.45) is 1.21. The summed E-state index contributed by atoms with van der Waals surface area (Å²) < 4.78 is 0. The number of aryl methyl sites for hydroxylation is 1. The first-order valence-electron chi connectivity index (χ1n) is 6.28. The summed E-state index contributed by atoms with van der Waals surface area (Å²) in [7, 11) is 0. The molecule has 100 valence electrons. The lowest BCUT2D eigenvalue weighted by Crippen LogP contribution is -2.20. The van der Waals surface area contributed by atoms with Crippen LogP contribution in [0, 0.1) is 12.3 Å². The van der Waals surface area contributed by atoms with Crippen molar-refractivity contribution in [2.75, 3.05) is 6.54 Å². The zero-order valence-electron chi connectivity index (χ0n) is 11.5. The molecule has 3 nitrogen and oxygen atoms in total. The van der Waals surface area contributed by atoms with Gasteiger partial charge in [-0.2, -0.15) is 0 Å². The van der Waals surface area contributed by atoms with E-state index in [1.807, 2.05) is 18.7 Å². The van der Waals surface area contributed by atoms with Crippen LogP contribution < -0.4 is 5.32 Å². The standard InChI is InChI=1S/C13H21N3S2/c1-9-16-10(8-17-9)6-14-12-15-7-11(18-12)5-13(2,3)4/h8,11H,5-7H2,1-4H3,(H,14,15). The van der Waals surface area contributed by atoms with Crippen LogP contribution in [0.1, 0.15) is 37.9 Å². The summed E-state index contributed by atoms with van der Waals surface area (Å²) in [5.74, 6) is 0. The minimum absolute atomic E-state index is 0.384. The summed E-state index contributed by atoms with van der Waals surface area (Å²) in [4.78, 5) is 9.01. The van der Waals surface area contributed by atoms with Gasteiger partial charge in [-0.25, -0.2) is 4.98 Å². The van der Waals surface area contributed by atoms with E-state index in [0.29, 0.717) is 10.7 Å². The smallest absolute Gasteiger partial charge is 0.157 e. The van der Waals surface area contributed by atoms with Crippen molar-refractivity contribution >= 4 is 28.3 Å². The molecule has 0 spiro atoms. The predicted octanol–water partition coefficient (Wildman–Crippen LogP) is 3.45. The normalized spacial score (nSPS) is 20.0. The van der Waals surface area contributed by atoms with Crippen LogP contribution in [0.3, 0.4) is 0 Å². The number of rotatable bonds is 3. The number of aromatic nitrogens is 1. The Morgan fingerprint density at radius 1 is 1.44 bits per heavy atom. The van der Waals surface area contributed by atoms with Crippen LogP contribution in [0.4, 0.5) is 0 Å². The van der Waals surface area contributed by atoms with Crippen molar-refractivity contribution in [1.29, 1.82) is 0 Å². The van der Waals surface area contributed by atoms with E-state index in [-0.39, 0.29) is 0 Å². The molecular formula is C13H21N3S2. The van der Waals surface area contributed by atoms with Crippen molar-refractivity contribution in [3.63, 3.8) is 0 Å².